The van der Waals surface area contributed by atoms with E-state index in [1.54, 1.807) is 6.07 Å². The molecular formula is C15H15BrN2O3. The number of halogens is 1. The van der Waals surface area contributed by atoms with Crippen molar-refractivity contribution in [2.75, 3.05) is 6.61 Å². The quantitative estimate of drug-likeness (QED) is 0.866. The van der Waals surface area contributed by atoms with Crippen LogP contribution in [0, 0.1) is 0 Å². The number of benzene rings is 1. The molecule has 1 aromatic carbocycles. The van der Waals surface area contributed by atoms with Gasteiger partial charge in [-0.15, -0.1) is 0 Å². The normalized spacial score (nSPS) is 11.9. The average molecular weight is 351 g/mol. The van der Waals surface area contributed by atoms with Crippen LogP contribution < -0.4 is 4.74 Å². The van der Waals surface area contributed by atoms with Gasteiger partial charge in [-0.3, -0.25) is 4.79 Å². The Kier molecular flexibility index (Phi) is 5.27. The fourth-order valence-corrected chi connectivity index (χ4v) is 2.37. The molecule has 0 fully saturated rings. The molecule has 0 aliphatic rings. The van der Waals surface area contributed by atoms with Crippen LogP contribution in [0.4, 0.5) is 0 Å². The van der Waals surface area contributed by atoms with Crippen molar-refractivity contribution in [2.24, 2.45) is 0 Å². The third-order valence-corrected chi connectivity index (χ3v) is 3.71. The van der Waals surface area contributed by atoms with E-state index in [2.05, 4.69) is 25.9 Å². The molecule has 1 unspecified atom stereocenters. The SMILES string of the molecule is CCOc1ccnc(C(Cc2ccccc2Br)C(=O)O)n1. The molecule has 2 aromatic rings. The van der Waals surface area contributed by atoms with Crippen LogP contribution in [0.2, 0.25) is 0 Å². The zero-order valence-corrected chi connectivity index (χ0v) is 13.1. The number of aliphatic carboxylic acids is 1. The van der Waals surface area contributed by atoms with Gasteiger partial charge in [-0.1, -0.05) is 34.1 Å². The van der Waals surface area contributed by atoms with E-state index in [4.69, 9.17) is 4.74 Å². The molecule has 110 valence electrons. The van der Waals surface area contributed by atoms with Gasteiger partial charge in [0.05, 0.1) is 6.61 Å². The van der Waals surface area contributed by atoms with Gasteiger partial charge in [0.1, 0.15) is 11.7 Å². The Morgan fingerprint density at radius 1 is 1.38 bits per heavy atom. The summed E-state index contributed by atoms with van der Waals surface area (Å²) in [5, 5.41) is 9.46. The molecule has 0 spiro atoms. The lowest BCUT2D eigenvalue weighted by molar-refractivity contribution is -0.139. The van der Waals surface area contributed by atoms with Crippen LogP contribution in [0.25, 0.3) is 0 Å². The number of hydrogen-bond donors (Lipinski definition) is 1. The summed E-state index contributed by atoms with van der Waals surface area (Å²) >= 11 is 3.43. The van der Waals surface area contributed by atoms with Crippen LogP contribution in [-0.4, -0.2) is 27.7 Å². The van der Waals surface area contributed by atoms with Gasteiger partial charge < -0.3 is 9.84 Å². The highest BCUT2D eigenvalue weighted by Gasteiger charge is 2.24. The fourth-order valence-electron chi connectivity index (χ4n) is 1.93. The van der Waals surface area contributed by atoms with E-state index >= 15 is 0 Å². The van der Waals surface area contributed by atoms with E-state index in [0.717, 1.165) is 10.0 Å². The molecule has 1 heterocycles. The van der Waals surface area contributed by atoms with Gasteiger partial charge in [0, 0.05) is 16.7 Å². The van der Waals surface area contributed by atoms with E-state index < -0.39 is 11.9 Å². The van der Waals surface area contributed by atoms with E-state index in [9.17, 15) is 9.90 Å². The van der Waals surface area contributed by atoms with Gasteiger partial charge in [0.2, 0.25) is 5.88 Å². The fraction of sp³-hybridized carbons (Fsp3) is 0.267. The molecule has 1 N–H and O–H groups in total. The molecule has 6 heteroatoms. The molecule has 21 heavy (non-hydrogen) atoms. The van der Waals surface area contributed by atoms with Crippen LogP contribution in [0.5, 0.6) is 5.88 Å². The maximum Gasteiger partial charge on any atom is 0.314 e. The predicted molar refractivity (Wildman–Crippen MR) is 81.4 cm³/mol. The van der Waals surface area contributed by atoms with E-state index in [1.807, 2.05) is 31.2 Å². The summed E-state index contributed by atoms with van der Waals surface area (Å²) in [6, 6.07) is 9.13. The summed E-state index contributed by atoms with van der Waals surface area (Å²) in [6.07, 6.45) is 1.83. The van der Waals surface area contributed by atoms with Crippen LogP contribution in [-0.2, 0) is 11.2 Å². The lowest BCUT2D eigenvalue weighted by Gasteiger charge is -2.13. The van der Waals surface area contributed by atoms with Crippen molar-refractivity contribution in [3.05, 3.63) is 52.4 Å². The Morgan fingerprint density at radius 2 is 2.14 bits per heavy atom. The second kappa shape index (κ2) is 7.17. The second-order valence-electron chi connectivity index (χ2n) is 4.37. The molecule has 0 radical (unpaired) electrons. The Hall–Kier alpha value is -1.95. The number of aromatic nitrogens is 2. The number of hydrogen-bond acceptors (Lipinski definition) is 4. The number of carboxylic acid groups (broad SMARTS) is 1. The highest BCUT2D eigenvalue weighted by molar-refractivity contribution is 9.10. The predicted octanol–water partition coefficient (Wildman–Crippen LogP) is 3.05. The Labute approximate surface area is 131 Å². The van der Waals surface area contributed by atoms with E-state index in [0.29, 0.717) is 18.9 Å². The number of carboxylic acids is 1. The van der Waals surface area contributed by atoms with Gasteiger partial charge in [0.25, 0.3) is 0 Å². The summed E-state index contributed by atoms with van der Waals surface area (Å²) < 4.78 is 6.17. The van der Waals surface area contributed by atoms with Crippen LogP contribution in [0.3, 0.4) is 0 Å². The maximum atomic E-state index is 11.5. The summed E-state index contributed by atoms with van der Waals surface area (Å²) in [7, 11) is 0. The summed E-state index contributed by atoms with van der Waals surface area (Å²) in [5.41, 5.74) is 0.898. The zero-order chi connectivity index (χ0) is 15.2. The number of carbonyl (C=O) groups is 1. The lowest BCUT2D eigenvalue weighted by Crippen LogP contribution is -2.18. The van der Waals surface area contributed by atoms with Crippen LogP contribution in [0.1, 0.15) is 24.2 Å². The molecule has 2 rings (SSSR count). The van der Waals surface area contributed by atoms with Gasteiger partial charge in [-0.05, 0) is 25.0 Å². The molecule has 1 atom stereocenters. The first-order valence-electron chi connectivity index (χ1n) is 6.53. The van der Waals surface area contributed by atoms with Crippen molar-refractivity contribution in [3.8, 4) is 5.88 Å². The minimum atomic E-state index is -0.959. The molecule has 1 aromatic heterocycles. The lowest BCUT2D eigenvalue weighted by atomic mass is 9.98. The van der Waals surface area contributed by atoms with Crippen molar-refractivity contribution in [1.82, 2.24) is 9.97 Å². The molecule has 0 amide bonds. The van der Waals surface area contributed by atoms with Crippen molar-refractivity contribution < 1.29 is 14.6 Å². The highest BCUT2D eigenvalue weighted by Crippen LogP contribution is 2.24. The first-order valence-corrected chi connectivity index (χ1v) is 7.33. The summed E-state index contributed by atoms with van der Waals surface area (Å²) in [5.74, 6) is -1.13. The van der Waals surface area contributed by atoms with E-state index in [-0.39, 0.29) is 5.82 Å². The summed E-state index contributed by atoms with van der Waals surface area (Å²) in [6.45, 7) is 2.32. The molecule has 0 bridgehead atoms. The number of nitrogens with zero attached hydrogens (tertiary/aromatic N) is 2. The molecule has 0 aliphatic carbocycles. The van der Waals surface area contributed by atoms with E-state index in [1.165, 1.54) is 6.20 Å². The minimum Gasteiger partial charge on any atom is -0.481 e. The minimum absolute atomic E-state index is 0.254. The zero-order valence-electron chi connectivity index (χ0n) is 11.5. The highest BCUT2D eigenvalue weighted by atomic mass is 79.9. The third-order valence-electron chi connectivity index (χ3n) is 2.93. The number of rotatable bonds is 6. The van der Waals surface area contributed by atoms with Crippen molar-refractivity contribution in [3.63, 3.8) is 0 Å². The standard InChI is InChI=1S/C15H15BrN2O3/c1-2-21-13-7-8-17-14(18-13)11(15(19)20)9-10-5-3-4-6-12(10)16/h3-8,11H,2,9H2,1H3,(H,19,20). The number of ether oxygens (including phenoxy) is 1. The Bertz CT molecular complexity index is 634. The molecule has 0 aliphatic heterocycles. The van der Waals surface area contributed by atoms with Gasteiger partial charge in [-0.2, -0.15) is 4.98 Å². The second-order valence-corrected chi connectivity index (χ2v) is 5.23. The van der Waals surface area contributed by atoms with Gasteiger partial charge >= 0.3 is 5.97 Å². The average Bonchev–Trinajstić information content (AvgIpc) is 2.46. The van der Waals surface area contributed by atoms with Gasteiger partial charge in [-0.25, -0.2) is 4.98 Å². The van der Waals surface area contributed by atoms with Crippen LogP contribution in [0.15, 0.2) is 41.0 Å². The van der Waals surface area contributed by atoms with Crippen molar-refractivity contribution >= 4 is 21.9 Å². The Morgan fingerprint density at radius 3 is 2.81 bits per heavy atom. The molecule has 0 saturated heterocycles. The third kappa shape index (κ3) is 4.01. The van der Waals surface area contributed by atoms with Gasteiger partial charge in [0.15, 0.2) is 0 Å². The smallest absolute Gasteiger partial charge is 0.314 e. The molecule has 0 saturated carbocycles. The monoisotopic (exact) mass is 350 g/mol. The van der Waals surface area contributed by atoms with Crippen molar-refractivity contribution in [1.29, 1.82) is 0 Å². The molecular weight excluding hydrogens is 336 g/mol. The van der Waals surface area contributed by atoms with Crippen LogP contribution >= 0.6 is 15.9 Å². The topological polar surface area (TPSA) is 72.3 Å². The summed E-state index contributed by atoms with van der Waals surface area (Å²) in [4.78, 5) is 19.8. The first-order chi connectivity index (χ1) is 10.1. The first kappa shape index (κ1) is 15.4. The molecule has 5 nitrogen and oxygen atoms in total. The Balaban J connectivity index is 2.29. The van der Waals surface area contributed by atoms with Crippen molar-refractivity contribution in [2.45, 2.75) is 19.3 Å². The largest absolute Gasteiger partial charge is 0.481 e. The maximum absolute atomic E-state index is 11.5.